The molecule has 8 nitrogen and oxygen atoms in total. The maximum Gasteiger partial charge on any atom is 0.315 e. The number of aromatic nitrogens is 3. The fourth-order valence-electron chi connectivity index (χ4n) is 2.72. The lowest BCUT2D eigenvalue weighted by Crippen LogP contribution is -2.43. The highest BCUT2D eigenvalue weighted by atomic mass is 16.7. The number of amides is 2. The molecule has 1 aromatic heterocycles. The van der Waals surface area contributed by atoms with Crippen LogP contribution >= 0.6 is 0 Å². The Hall–Kier alpha value is -2.77. The predicted molar refractivity (Wildman–Crippen MR) is 91.5 cm³/mol. The summed E-state index contributed by atoms with van der Waals surface area (Å²) in [6, 6.07) is 5.38. The number of rotatable bonds is 5. The lowest BCUT2D eigenvalue weighted by atomic mass is 9.84. The number of nitrogens with zero attached hydrogens (tertiary/aromatic N) is 3. The topological polar surface area (TPSA) is 90.3 Å². The van der Waals surface area contributed by atoms with Crippen molar-refractivity contribution in [2.45, 2.75) is 32.2 Å². The number of hydrogen-bond donors (Lipinski definition) is 2. The number of ether oxygens (including phenoxy) is 2. The SMILES string of the molecule is C[C@H](NC(=O)NCC(C)(C)c1ccc2c(c1)OCO2)c1nncn1C. The third-order valence-corrected chi connectivity index (χ3v) is 4.33. The van der Waals surface area contributed by atoms with Gasteiger partial charge in [-0.3, -0.25) is 0 Å². The van der Waals surface area contributed by atoms with Crippen LogP contribution in [0.25, 0.3) is 0 Å². The number of fused-ring (bicyclic) bond motifs is 1. The van der Waals surface area contributed by atoms with E-state index in [4.69, 9.17) is 9.47 Å². The number of nitrogens with one attached hydrogen (secondary N) is 2. The molecule has 0 radical (unpaired) electrons. The van der Waals surface area contributed by atoms with Crippen LogP contribution in [0.5, 0.6) is 11.5 Å². The van der Waals surface area contributed by atoms with Crippen LogP contribution in [-0.2, 0) is 12.5 Å². The maximum absolute atomic E-state index is 12.2. The van der Waals surface area contributed by atoms with E-state index in [1.807, 2.05) is 32.2 Å². The molecule has 0 saturated carbocycles. The summed E-state index contributed by atoms with van der Waals surface area (Å²) in [5.74, 6) is 2.19. The molecule has 0 fully saturated rings. The molecule has 0 bridgehead atoms. The van der Waals surface area contributed by atoms with Crippen LogP contribution in [0.3, 0.4) is 0 Å². The van der Waals surface area contributed by atoms with Crippen LogP contribution in [-0.4, -0.2) is 34.1 Å². The second-order valence-electron chi connectivity index (χ2n) is 6.80. The molecule has 2 heterocycles. The fraction of sp³-hybridized carbons (Fsp3) is 0.471. The second-order valence-corrected chi connectivity index (χ2v) is 6.80. The van der Waals surface area contributed by atoms with Crippen LogP contribution in [0.2, 0.25) is 0 Å². The summed E-state index contributed by atoms with van der Waals surface area (Å²) in [4.78, 5) is 12.2. The van der Waals surface area contributed by atoms with Crippen molar-refractivity contribution >= 4 is 6.03 Å². The third-order valence-electron chi connectivity index (χ3n) is 4.33. The number of benzene rings is 1. The lowest BCUT2D eigenvalue weighted by molar-refractivity contribution is 0.174. The van der Waals surface area contributed by atoms with Gasteiger partial charge in [0.15, 0.2) is 17.3 Å². The van der Waals surface area contributed by atoms with Gasteiger partial charge in [-0.25, -0.2) is 4.79 Å². The van der Waals surface area contributed by atoms with Crippen LogP contribution in [0.4, 0.5) is 4.79 Å². The molecule has 0 unspecified atom stereocenters. The van der Waals surface area contributed by atoms with E-state index in [1.54, 1.807) is 10.9 Å². The van der Waals surface area contributed by atoms with E-state index < -0.39 is 0 Å². The van der Waals surface area contributed by atoms with Gasteiger partial charge < -0.3 is 24.7 Å². The number of aryl methyl sites for hydroxylation is 1. The maximum atomic E-state index is 12.2. The van der Waals surface area contributed by atoms with Gasteiger partial charge in [0.1, 0.15) is 6.33 Å². The molecule has 0 spiro atoms. The van der Waals surface area contributed by atoms with Crippen molar-refractivity contribution in [2.24, 2.45) is 7.05 Å². The highest BCUT2D eigenvalue weighted by molar-refractivity contribution is 5.74. The average Bonchev–Trinajstić information content (AvgIpc) is 3.20. The number of carbonyl (C=O) groups excluding carboxylic acids is 1. The minimum Gasteiger partial charge on any atom is -0.454 e. The van der Waals surface area contributed by atoms with Crippen molar-refractivity contribution in [1.82, 2.24) is 25.4 Å². The van der Waals surface area contributed by atoms with Crippen LogP contribution < -0.4 is 20.1 Å². The first-order valence-electron chi connectivity index (χ1n) is 8.15. The molecule has 0 aliphatic carbocycles. The Bertz CT molecular complexity index is 771. The second kappa shape index (κ2) is 6.62. The van der Waals surface area contributed by atoms with Crippen molar-refractivity contribution in [3.05, 3.63) is 35.9 Å². The van der Waals surface area contributed by atoms with Crippen molar-refractivity contribution in [1.29, 1.82) is 0 Å². The summed E-state index contributed by atoms with van der Waals surface area (Å²) in [7, 11) is 1.84. The summed E-state index contributed by atoms with van der Waals surface area (Å²) in [5, 5.41) is 13.6. The van der Waals surface area contributed by atoms with Crippen LogP contribution in [0.1, 0.15) is 38.2 Å². The number of carbonyl (C=O) groups is 1. The first-order chi connectivity index (χ1) is 11.9. The molecule has 0 saturated heterocycles. The first-order valence-corrected chi connectivity index (χ1v) is 8.15. The number of hydrogen-bond acceptors (Lipinski definition) is 5. The number of urea groups is 1. The van der Waals surface area contributed by atoms with Crippen molar-refractivity contribution in [3.63, 3.8) is 0 Å². The Morgan fingerprint density at radius 1 is 1.36 bits per heavy atom. The quantitative estimate of drug-likeness (QED) is 0.863. The normalized spacial score (nSPS) is 14.2. The van der Waals surface area contributed by atoms with Gasteiger partial charge in [-0.05, 0) is 24.6 Å². The molecule has 8 heteroatoms. The molecule has 2 amide bonds. The Morgan fingerprint density at radius 2 is 2.12 bits per heavy atom. The summed E-state index contributed by atoms with van der Waals surface area (Å²) in [5.41, 5.74) is 0.810. The molecule has 1 aromatic carbocycles. The zero-order valence-electron chi connectivity index (χ0n) is 14.9. The zero-order chi connectivity index (χ0) is 18.0. The molecule has 2 aromatic rings. The van der Waals surface area contributed by atoms with Gasteiger partial charge >= 0.3 is 6.03 Å². The Kier molecular flexibility index (Phi) is 4.52. The minimum absolute atomic E-state index is 0.235. The molecule has 25 heavy (non-hydrogen) atoms. The van der Waals surface area contributed by atoms with E-state index >= 15 is 0 Å². The van der Waals surface area contributed by atoms with E-state index in [1.165, 1.54) is 0 Å². The summed E-state index contributed by atoms with van der Waals surface area (Å²) in [6.45, 7) is 6.73. The van der Waals surface area contributed by atoms with E-state index in [0.29, 0.717) is 12.4 Å². The molecular weight excluding hydrogens is 322 g/mol. The van der Waals surface area contributed by atoms with Gasteiger partial charge in [0.05, 0.1) is 6.04 Å². The largest absolute Gasteiger partial charge is 0.454 e. The Balaban J connectivity index is 1.58. The van der Waals surface area contributed by atoms with Gasteiger partial charge in [0.25, 0.3) is 0 Å². The highest BCUT2D eigenvalue weighted by Crippen LogP contribution is 2.36. The molecular formula is C17H23N5O3. The Morgan fingerprint density at radius 3 is 2.84 bits per heavy atom. The molecule has 1 aliphatic rings. The van der Waals surface area contributed by atoms with Crippen molar-refractivity contribution < 1.29 is 14.3 Å². The highest BCUT2D eigenvalue weighted by Gasteiger charge is 2.25. The summed E-state index contributed by atoms with van der Waals surface area (Å²) in [6.07, 6.45) is 1.61. The third kappa shape index (κ3) is 3.67. The zero-order valence-corrected chi connectivity index (χ0v) is 14.9. The average molecular weight is 345 g/mol. The smallest absolute Gasteiger partial charge is 0.315 e. The summed E-state index contributed by atoms with van der Waals surface area (Å²) >= 11 is 0. The van der Waals surface area contributed by atoms with E-state index in [-0.39, 0.29) is 24.3 Å². The van der Waals surface area contributed by atoms with Crippen molar-refractivity contribution in [2.75, 3.05) is 13.3 Å². The first kappa shape index (κ1) is 17.1. The molecule has 1 aliphatic heterocycles. The molecule has 3 rings (SSSR count). The van der Waals surface area contributed by atoms with E-state index in [2.05, 4.69) is 34.7 Å². The van der Waals surface area contributed by atoms with Gasteiger partial charge in [0, 0.05) is 19.0 Å². The standard InChI is InChI=1S/C17H23N5O3/c1-11(15-21-19-9-22(15)4)20-16(23)18-8-17(2,3)12-5-6-13-14(7-12)25-10-24-13/h5-7,9,11H,8,10H2,1-4H3,(H2,18,20,23)/t11-/m0/s1. The monoisotopic (exact) mass is 345 g/mol. The fourth-order valence-corrected chi connectivity index (χ4v) is 2.72. The van der Waals surface area contributed by atoms with E-state index in [0.717, 1.165) is 17.1 Å². The predicted octanol–water partition coefficient (Wildman–Crippen LogP) is 1.88. The molecule has 134 valence electrons. The Labute approximate surface area is 146 Å². The molecule has 2 N–H and O–H groups in total. The van der Waals surface area contributed by atoms with Gasteiger partial charge in [-0.15, -0.1) is 10.2 Å². The van der Waals surface area contributed by atoms with Crippen LogP contribution in [0, 0.1) is 0 Å². The van der Waals surface area contributed by atoms with Gasteiger partial charge in [-0.2, -0.15) is 0 Å². The van der Waals surface area contributed by atoms with Gasteiger partial charge in [0.2, 0.25) is 6.79 Å². The lowest BCUT2D eigenvalue weighted by Gasteiger charge is -2.26. The molecule has 1 atom stereocenters. The van der Waals surface area contributed by atoms with Crippen molar-refractivity contribution in [3.8, 4) is 11.5 Å². The minimum atomic E-state index is -0.258. The summed E-state index contributed by atoms with van der Waals surface area (Å²) < 4.78 is 12.5. The van der Waals surface area contributed by atoms with Gasteiger partial charge in [-0.1, -0.05) is 19.9 Å². The van der Waals surface area contributed by atoms with E-state index in [9.17, 15) is 4.79 Å². The van der Waals surface area contributed by atoms with Crippen LogP contribution in [0.15, 0.2) is 24.5 Å².